The fourth-order valence-electron chi connectivity index (χ4n) is 5.49. The topological polar surface area (TPSA) is 116 Å². The molecular formula is C38H32FN3O6. The normalized spacial score (nSPS) is 15.2. The fourth-order valence-corrected chi connectivity index (χ4v) is 5.49. The van der Waals surface area contributed by atoms with Gasteiger partial charge in [0.05, 0.1) is 17.7 Å². The molecule has 4 aromatic carbocycles. The maximum Gasteiger partial charge on any atom is 0.338 e. The summed E-state index contributed by atoms with van der Waals surface area (Å²) < 4.78 is 32.9. The molecule has 2 amide bonds. The van der Waals surface area contributed by atoms with Crippen LogP contribution in [0.25, 0.3) is 10.9 Å². The van der Waals surface area contributed by atoms with Crippen LogP contribution >= 0.6 is 0 Å². The van der Waals surface area contributed by atoms with Gasteiger partial charge >= 0.3 is 5.97 Å². The Morgan fingerprint density at radius 3 is 2.15 bits per heavy atom. The van der Waals surface area contributed by atoms with Crippen LogP contribution in [0, 0.1) is 11.2 Å². The van der Waals surface area contributed by atoms with Gasteiger partial charge in [-0.2, -0.15) is 0 Å². The minimum absolute atomic E-state index is 0.0384. The van der Waals surface area contributed by atoms with Crippen molar-refractivity contribution in [1.82, 2.24) is 4.98 Å². The monoisotopic (exact) mass is 645 g/mol. The van der Waals surface area contributed by atoms with Gasteiger partial charge in [0.15, 0.2) is 11.6 Å². The lowest BCUT2D eigenvalue weighted by Crippen LogP contribution is -2.35. The SMILES string of the molecule is O=C(OC1(CCOc2ccc3c(Oc4ccc(NC(=O)C5(C(=O)Nc6ccccc6)CC5)cc4F)ccnc3c2)CC1)c1ccccc1. The number of carbonyl (C=O) groups excluding carboxylic acids is 3. The molecule has 1 heterocycles. The molecule has 2 N–H and O–H groups in total. The van der Waals surface area contributed by atoms with Crippen LogP contribution in [-0.2, 0) is 14.3 Å². The summed E-state index contributed by atoms with van der Waals surface area (Å²) >= 11 is 0. The van der Waals surface area contributed by atoms with E-state index < -0.39 is 22.7 Å². The summed E-state index contributed by atoms with van der Waals surface area (Å²) in [6.07, 6.45) is 4.54. The standard InChI is InChI=1S/C38H32FN3O6/c39-30-23-27(42-36(45)38(18-19-38)35(44)41-26-9-5-2-6-10-26)11-14-33(30)47-32-15-21-40-31-24-28(12-13-29(31)32)46-22-20-37(16-17-37)48-34(43)25-7-3-1-4-8-25/h1-15,21,23-24H,16-20,22H2,(H,41,44)(H,42,45). The first-order valence-corrected chi connectivity index (χ1v) is 15.8. The highest BCUT2D eigenvalue weighted by Crippen LogP contribution is 2.48. The Hall–Kier alpha value is -5.77. The molecule has 9 nitrogen and oxygen atoms in total. The largest absolute Gasteiger partial charge is 0.493 e. The number of pyridine rings is 1. The van der Waals surface area contributed by atoms with Crippen molar-refractivity contribution in [3.8, 4) is 17.2 Å². The number of benzene rings is 4. The molecule has 0 saturated heterocycles. The number of hydrogen-bond donors (Lipinski definition) is 2. The minimum atomic E-state index is -1.19. The summed E-state index contributed by atoms with van der Waals surface area (Å²) in [5.74, 6) is -0.942. The fraction of sp³-hybridized carbons (Fsp3) is 0.211. The first kappa shape index (κ1) is 30.9. The van der Waals surface area contributed by atoms with Crippen LogP contribution in [0.15, 0.2) is 109 Å². The predicted octanol–water partition coefficient (Wildman–Crippen LogP) is 7.68. The van der Waals surface area contributed by atoms with Gasteiger partial charge in [0.2, 0.25) is 11.8 Å². The molecule has 2 fully saturated rings. The van der Waals surface area contributed by atoms with Crippen LogP contribution in [0.1, 0.15) is 42.5 Å². The van der Waals surface area contributed by atoms with Crippen molar-refractivity contribution < 1.29 is 33.0 Å². The first-order chi connectivity index (χ1) is 23.3. The lowest BCUT2D eigenvalue weighted by molar-refractivity contribution is -0.131. The van der Waals surface area contributed by atoms with Gasteiger partial charge in [-0.05, 0) is 80.3 Å². The zero-order chi connectivity index (χ0) is 33.1. The molecular weight excluding hydrogens is 613 g/mol. The van der Waals surface area contributed by atoms with Crippen LogP contribution in [0.2, 0.25) is 0 Å². The van der Waals surface area contributed by atoms with Gasteiger partial charge in [0, 0.05) is 41.5 Å². The summed E-state index contributed by atoms with van der Waals surface area (Å²) in [6, 6.07) is 29.0. The summed E-state index contributed by atoms with van der Waals surface area (Å²) in [4.78, 5) is 42.8. The van der Waals surface area contributed by atoms with Crippen molar-refractivity contribution in [1.29, 1.82) is 0 Å². The molecule has 48 heavy (non-hydrogen) atoms. The molecule has 0 unspecified atom stereocenters. The maximum atomic E-state index is 15.2. The average molecular weight is 646 g/mol. The van der Waals surface area contributed by atoms with Crippen LogP contribution in [-0.4, -0.2) is 35.0 Å². The third-order valence-corrected chi connectivity index (χ3v) is 8.69. The molecule has 0 radical (unpaired) electrons. The Morgan fingerprint density at radius 2 is 1.46 bits per heavy atom. The van der Waals surface area contributed by atoms with Gasteiger partial charge in [0.25, 0.3) is 0 Å². The van der Waals surface area contributed by atoms with E-state index in [9.17, 15) is 14.4 Å². The highest BCUT2D eigenvalue weighted by Gasteiger charge is 2.56. The molecule has 2 aliphatic carbocycles. The molecule has 0 atom stereocenters. The summed E-state index contributed by atoms with van der Waals surface area (Å²) in [6.45, 7) is 0.358. The van der Waals surface area contributed by atoms with Crippen LogP contribution in [0.5, 0.6) is 17.2 Å². The molecule has 5 aromatic rings. The Bertz CT molecular complexity index is 1990. The Morgan fingerprint density at radius 1 is 0.750 bits per heavy atom. The number of rotatable bonds is 12. The van der Waals surface area contributed by atoms with Crippen LogP contribution in [0.4, 0.5) is 15.8 Å². The maximum absolute atomic E-state index is 15.2. The molecule has 1 aromatic heterocycles. The Balaban J connectivity index is 0.957. The number of amides is 2. The number of nitrogens with one attached hydrogen (secondary N) is 2. The quantitative estimate of drug-likeness (QED) is 0.106. The lowest BCUT2D eigenvalue weighted by atomic mass is 10.0. The second-order valence-electron chi connectivity index (χ2n) is 12.1. The van der Waals surface area contributed by atoms with Crippen LogP contribution < -0.4 is 20.1 Å². The Kier molecular flexibility index (Phi) is 8.22. The summed E-state index contributed by atoms with van der Waals surface area (Å²) in [7, 11) is 0. The molecule has 0 bridgehead atoms. The van der Waals surface area contributed by atoms with Crippen LogP contribution in [0.3, 0.4) is 0 Å². The van der Waals surface area contributed by atoms with E-state index >= 15 is 4.39 Å². The second kappa shape index (κ2) is 12.8. The second-order valence-corrected chi connectivity index (χ2v) is 12.1. The number of esters is 1. The van der Waals surface area contributed by atoms with E-state index in [2.05, 4.69) is 15.6 Å². The number of carbonyl (C=O) groups is 3. The van der Waals surface area contributed by atoms with E-state index in [1.165, 1.54) is 12.1 Å². The zero-order valence-electron chi connectivity index (χ0n) is 25.9. The summed E-state index contributed by atoms with van der Waals surface area (Å²) in [5, 5.41) is 6.12. The molecule has 0 spiro atoms. The Labute approximate surface area is 276 Å². The van der Waals surface area contributed by atoms with E-state index in [1.807, 2.05) is 12.1 Å². The lowest BCUT2D eigenvalue weighted by Gasteiger charge is -2.17. The highest BCUT2D eigenvalue weighted by atomic mass is 19.1. The van der Waals surface area contributed by atoms with E-state index in [1.54, 1.807) is 79.0 Å². The van der Waals surface area contributed by atoms with Crippen molar-refractivity contribution >= 4 is 40.1 Å². The van der Waals surface area contributed by atoms with Crippen molar-refractivity contribution in [2.75, 3.05) is 17.2 Å². The number of halogens is 1. The minimum Gasteiger partial charge on any atom is -0.493 e. The number of anilines is 2. The van der Waals surface area contributed by atoms with E-state index in [0.29, 0.717) is 59.5 Å². The number of ether oxygens (including phenoxy) is 3. The molecule has 2 aliphatic rings. The third kappa shape index (κ3) is 6.69. The summed E-state index contributed by atoms with van der Waals surface area (Å²) in [5.41, 5.74) is 0.253. The van der Waals surface area contributed by atoms with E-state index in [0.717, 1.165) is 18.9 Å². The number of hydrogen-bond acceptors (Lipinski definition) is 7. The first-order valence-electron chi connectivity index (χ1n) is 15.8. The molecule has 242 valence electrons. The van der Waals surface area contributed by atoms with Crippen molar-refractivity contribution in [3.05, 3.63) is 121 Å². The highest BCUT2D eigenvalue weighted by molar-refractivity contribution is 6.16. The number of nitrogens with zero attached hydrogens (tertiary/aromatic N) is 1. The number of fused-ring (bicyclic) bond motifs is 1. The molecule has 7 rings (SSSR count). The molecule has 10 heteroatoms. The van der Waals surface area contributed by atoms with Crippen molar-refractivity contribution in [2.45, 2.75) is 37.7 Å². The molecule has 0 aliphatic heterocycles. The smallest absolute Gasteiger partial charge is 0.338 e. The average Bonchev–Trinajstić information content (AvgIpc) is 4.04. The van der Waals surface area contributed by atoms with Gasteiger partial charge in [-0.25, -0.2) is 9.18 Å². The van der Waals surface area contributed by atoms with E-state index in [4.69, 9.17) is 14.2 Å². The zero-order valence-corrected chi connectivity index (χ0v) is 25.9. The van der Waals surface area contributed by atoms with Gasteiger partial charge in [-0.3, -0.25) is 14.6 Å². The van der Waals surface area contributed by atoms with Crippen molar-refractivity contribution in [3.63, 3.8) is 0 Å². The predicted molar refractivity (Wildman–Crippen MR) is 178 cm³/mol. The third-order valence-electron chi connectivity index (χ3n) is 8.69. The van der Waals surface area contributed by atoms with Crippen molar-refractivity contribution in [2.24, 2.45) is 5.41 Å². The number of aromatic nitrogens is 1. The van der Waals surface area contributed by atoms with Gasteiger partial charge < -0.3 is 24.8 Å². The van der Waals surface area contributed by atoms with Gasteiger partial charge in [-0.15, -0.1) is 0 Å². The number of para-hydroxylation sites is 1. The van der Waals surface area contributed by atoms with Gasteiger partial charge in [-0.1, -0.05) is 36.4 Å². The van der Waals surface area contributed by atoms with Gasteiger partial charge in [0.1, 0.15) is 22.5 Å². The van der Waals surface area contributed by atoms with E-state index in [-0.39, 0.29) is 23.3 Å². The molecule has 2 saturated carbocycles.